The molecule has 0 saturated heterocycles. The van der Waals surface area contributed by atoms with Gasteiger partial charge in [0.05, 0.1) is 6.61 Å². The summed E-state index contributed by atoms with van der Waals surface area (Å²) in [5.41, 5.74) is 1.05. The third kappa shape index (κ3) is 9.71. The third-order valence-corrected chi connectivity index (χ3v) is 5.26. The van der Waals surface area contributed by atoms with E-state index in [0.29, 0.717) is 18.5 Å². The number of ether oxygens (including phenoxy) is 1. The van der Waals surface area contributed by atoms with Crippen molar-refractivity contribution in [2.75, 3.05) is 19.7 Å². The van der Waals surface area contributed by atoms with Gasteiger partial charge in [0.2, 0.25) is 11.8 Å². The highest BCUT2D eigenvalue weighted by Crippen LogP contribution is 2.24. The Bertz CT molecular complexity index is 774. The van der Waals surface area contributed by atoms with Crippen LogP contribution in [0, 0.1) is 0 Å². The molecular formula is C26H43N3O5. The minimum Gasteiger partial charge on any atom is -0.444 e. The average Bonchev–Trinajstić information content (AvgIpc) is 2.78. The van der Waals surface area contributed by atoms with Crippen molar-refractivity contribution >= 4 is 17.9 Å². The fourth-order valence-corrected chi connectivity index (χ4v) is 3.53. The Balaban J connectivity index is 3.24. The Morgan fingerprint density at radius 1 is 1.03 bits per heavy atom. The predicted molar refractivity (Wildman–Crippen MR) is 133 cm³/mol. The largest absolute Gasteiger partial charge is 0.444 e. The van der Waals surface area contributed by atoms with E-state index in [4.69, 9.17) is 4.74 Å². The topological polar surface area (TPSA) is 108 Å². The number of unbranched alkanes of at least 4 members (excludes halogenated alkanes) is 2. The number of hydrogen-bond acceptors (Lipinski definition) is 5. The molecule has 0 saturated carbocycles. The van der Waals surface area contributed by atoms with Crippen molar-refractivity contribution in [1.29, 1.82) is 0 Å². The maximum Gasteiger partial charge on any atom is 0.408 e. The fraction of sp³-hybridized carbons (Fsp3) is 0.654. The van der Waals surface area contributed by atoms with Crippen LogP contribution in [-0.4, -0.2) is 59.3 Å². The van der Waals surface area contributed by atoms with Crippen LogP contribution in [-0.2, 0) is 20.7 Å². The SMILES string of the molecule is CCCCCNC(=O)C(c1ccc(CC)cc1)N(CCC)C(=O)C(CO)NC(=O)OC(C)(C)C. The van der Waals surface area contributed by atoms with Gasteiger partial charge >= 0.3 is 6.09 Å². The zero-order valence-electron chi connectivity index (χ0n) is 21.6. The van der Waals surface area contributed by atoms with Gasteiger partial charge in [0, 0.05) is 13.1 Å². The second kappa shape index (κ2) is 14.6. The van der Waals surface area contributed by atoms with Gasteiger partial charge in [-0.3, -0.25) is 9.59 Å². The molecule has 0 fully saturated rings. The lowest BCUT2D eigenvalue weighted by atomic mass is 10.00. The van der Waals surface area contributed by atoms with E-state index in [0.717, 1.165) is 31.2 Å². The molecule has 0 aliphatic carbocycles. The molecule has 0 radical (unpaired) electrons. The van der Waals surface area contributed by atoms with Crippen molar-refractivity contribution in [3.05, 3.63) is 35.4 Å². The number of nitrogens with zero attached hydrogens (tertiary/aromatic N) is 1. The van der Waals surface area contributed by atoms with E-state index in [9.17, 15) is 19.5 Å². The van der Waals surface area contributed by atoms with Crippen molar-refractivity contribution in [2.24, 2.45) is 0 Å². The normalized spacial score (nSPS) is 13.0. The number of amides is 3. The Kier molecular flexibility index (Phi) is 12.6. The van der Waals surface area contributed by atoms with Gasteiger partial charge in [-0.2, -0.15) is 0 Å². The highest BCUT2D eigenvalue weighted by atomic mass is 16.6. The first kappa shape index (κ1) is 29.4. The number of alkyl carbamates (subject to hydrolysis) is 1. The monoisotopic (exact) mass is 477 g/mol. The van der Waals surface area contributed by atoms with Gasteiger partial charge in [-0.05, 0) is 51.2 Å². The van der Waals surface area contributed by atoms with Gasteiger partial charge in [0.25, 0.3) is 0 Å². The minimum atomic E-state index is -1.23. The van der Waals surface area contributed by atoms with Crippen LogP contribution in [0.4, 0.5) is 4.79 Å². The summed E-state index contributed by atoms with van der Waals surface area (Å²) in [4.78, 5) is 40.5. The van der Waals surface area contributed by atoms with Crippen LogP contribution in [0.15, 0.2) is 24.3 Å². The Hall–Kier alpha value is -2.61. The van der Waals surface area contributed by atoms with Crippen molar-refractivity contribution in [2.45, 2.75) is 91.3 Å². The van der Waals surface area contributed by atoms with Gasteiger partial charge in [-0.1, -0.05) is 57.9 Å². The summed E-state index contributed by atoms with van der Waals surface area (Å²) in [6.45, 7) is 11.4. The fourth-order valence-electron chi connectivity index (χ4n) is 3.53. The van der Waals surface area contributed by atoms with Gasteiger partial charge in [-0.25, -0.2) is 4.79 Å². The lowest BCUT2D eigenvalue weighted by Gasteiger charge is -2.34. The molecule has 1 aromatic rings. The van der Waals surface area contributed by atoms with Crippen LogP contribution in [0.3, 0.4) is 0 Å². The van der Waals surface area contributed by atoms with E-state index < -0.39 is 36.3 Å². The lowest BCUT2D eigenvalue weighted by molar-refractivity contribution is -0.143. The standard InChI is InChI=1S/C26H43N3O5/c1-7-10-11-16-27-23(31)22(20-14-12-19(9-3)13-15-20)29(17-8-2)24(32)21(18-30)28-25(33)34-26(4,5)6/h12-15,21-22,30H,7-11,16-18H2,1-6H3,(H,27,31)(H,28,33). The molecule has 1 aromatic carbocycles. The van der Waals surface area contributed by atoms with E-state index in [1.807, 2.05) is 38.1 Å². The van der Waals surface area contributed by atoms with Crippen molar-refractivity contribution in [1.82, 2.24) is 15.5 Å². The number of nitrogens with one attached hydrogen (secondary N) is 2. The Labute approximate surface area is 204 Å². The molecule has 8 nitrogen and oxygen atoms in total. The van der Waals surface area contributed by atoms with Crippen LogP contribution in [0.5, 0.6) is 0 Å². The number of carbonyl (C=O) groups excluding carboxylic acids is 3. The molecule has 0 aromatic heterocycles. The lowest BCUT2D eigenvalue weighted by Crippen LogP contribution is -2.54. The summed E-state index contributed by atoms with van der Waals surface area (Å²) in [6, 6.07) is 5.51. The van der Waals surface area contributed by atoms with Gasteiger partial charge < -0.3 is 25.4 Å². The quantitative estimate of drug-likeness (QED) is 0.375. The summed E-state index contributed by atoms with van der Waals surface area (Å²) in [5.74, 6) is -0.820. The zero-order chi connectivity index (χ0) is 25.7. The van der Waals surface area contributed by atoms with Crippen molar-refractivity contribution in [3.63, 3.8) is 0 Å². The second-order valence-corrected chi connectivity index (χ2v) is 9.41. The average molecular weight is 478 g/mol. The molecule has 0 spiro atoms. The van der Waals surface area contributed by atoms with Gasteiger partial charge in [0.15, 0.2) is 0 Å². The van der Waals surface area contributed by atoms with E-state index in [-0.39, 0.29) is 12.5 Å². The number of aliphatic hydroxyl groups is 1. The highest BCUT2D eigenvalue weighted by molar-refractivity contribution is 5.92. The molecule has 192 valence electrons. The second-order valence-electron chi connectivity index (χ2n) is 9.41. The molecule has 3 amide bonds. The van der Waals surface area contributed by atoms with E-state index >= 15 is 0 Å². The van der Waals surface area contributed by atoms with Crippen LogP contribution in [0.1, 0.15) is 84.4 Å². The summed E-state index contributed by atoms with van der Waals surface area (Å²) in [5, 5.41) is 15.3. The maximum absolute atomic E-state index is 13.5. The first-order valence-corrected chi connectivity index (χ1v) is 12.3. The number of aliphatic hydroxyl groups excluding tert-OH is 1. The summed E-state index contributed by atoms with van der Waals surface area (Å²) < 4.78 is 5.24. The number of aryl methyl sites for hydroxylation is 1. The molecule has 8 heteroatoms. The molecule has 3 N–H and O–H groups in total. The molecular weight excluding hydrogens is 434 g/mol. The van der Waals surface area contributed by atoms with Gasteiger partial charge in [-0.15, -0.1) is 0 Å². The molecule has 0 heterocycles. The number of carbonyl (C=O) groups is 3. The number of benzene rings is 1. The summed E-state index contributed by atoms with van der Waals surface area (Å²) in [6.07, 6.45) is 3.54. The smallest absolute Gasteiger partial charge is 0.408 e. The molecule has 0 bridgehead atoms. The molecule has 0 aliphatic rings. The molecule has 2 atom stereocenters. The van der Waals surface area contributed by atoms with Crippen LogP contribution in [0.2, 0.25) is 0 Å². The Morgan fingerprint density at radius 3 is 2.18 bits per heavy atom. The predicted octanol–water partition coefficient (Wildman–Crippen LogP) is 3.72. The van der Waals surface area contributed by atoms with Gasteiger partial charge in [0.1, 0.15) is 17.7 Å². The van der Waals surface area contributed by atoms with Crippen molar-refractivity contribution < 1.29 is 24.2 Å². The molecule has 1 rings (SSSR count). The molecule has 0 aliphatic heterocycles. The summed E-state index contributed by atoms with van der Waals surface area (Å²) >= 11 is 0. The first-order chi connectivity index (χ1) is 16.1. The first-order valence-electron chi connectivity index (χ1n) is 12.3. The number of rotatable bonds is 13. The third-order valence-electron chi connectivity index (χ3n) is 5.26. The molecule has 2 unspecified atom stereocenters. The zero-order valence-corrected chi connectivity index (χ0v) is 21.6. The van der Waals surface area contributed by atoms with E-state index in [1.54, 1.807) is 20.8 Å². The number of hydrogen-bond donors (Lipinski definition) is 3. The minimum absolute atomic E-state index is 0.281. The van der Waals surface area contributed by atoms with Crippen molar-refractivity contribution in [3.8, 4) is 0 Å². The van der Waals surface area contributed by atoms with Crippen LogP contribution >= 0.6 is 0 Å². The highest BCUT2D eigenvalue weighted by Gasteiger charge is 2.35. The van der Waals surface area contributed by atoms with E-state index in [1.165, 1.54) is 4.90 Å². The molecule has 34 heavy (non-hydrogen) atoms. The van der Waals surface area contributed by atoms with E-state index in [2.05, 4.69) is 17.6 Å². The summed E-state index contributed by atoms with van der Waals surface area (Å²) in [7, 11) is 0. The Morgan fingerprint density at radius 2 is 1.68 bits per heavy atom. The maximum atomic E-state index is 13.5. The van der Waals surface area contributed by atoms with Crippen LogP contribution in [0.25, 0.3) is 0 Å². The van der Waals surface area contributed by atoms with Crippen LogP contribution < -0.4 is 10.6 Å².